The van der Waals surface area contributed by atoms with Crippen molar-refractivity contribution < 1.29 is 0 Å². The van der Waals surface area contributed by atoms with Crippen molar-refractivity contribution in [1.29, 1.82) is 5.26 Å². The van der Waals surface area contributed by atoms with E-state index >= 15 is 0 Å². The van der Waals surface area contributed by atoms with Crippen molar-refractivity contribution in [1.82, 2.24) is 0 Å². The van der Waals surface area contributed by atoms with Gasteiger partial charge >= 0.3 is 0 Å². The molecule has 3 heteroatoms. The average molecular weight is 273 g/mol. The standard InChI is InChI=1S/C18H15N3/c1-2-3-15-4-8-17(9-5-15)13-20-21-14-18-10-6-16(12-19)7-11-18/h2,4-11,13-14H,1,3H2/b20-13+,21-14+. The van der Waals surface area contributed by atoms with E-state index in [1.165, 1.54) is 5.56 Å². The lowest BCUT2D eigenvalue weighted by Gasteiger charge is -1.96. The van der Waals surface area contributed by atoms with Crippen molar-refractivity contribution in [2.75, 3.05) is 0 Å². The fraction of sp³-hybridized carbons (Fsp3) is 0.0556. The third-order valence-corrected chi connectivity index (χ3v) is 2.88. The van der Waals surface area contributed by atoms with Crippen LogP contribution in [0.15, 0.2) is 71.4 Å². The molecule has 0 heterocycles. The predicted octanol–water partition coefficient (Wildman–Crippen LogP) is 3.74. The van der Waals surface area contributed by atoms with E-state index in [9.17, 15) is 0 Å². The molecule has 2 aromatic rings. The molecular formula is C18H15N3. The molecule has 21 heavy (non-hydrogen) atoms. The van der Waals surface area contributed by atoms with E-state index in [0.29, 0.717) is 5.56 Å². The van der Waals surface area contributed by atoms with Gasteiger partial charge in [-0.05, 0) is 35.2 Å². The normalized spacial score (nSPS) is 10.8. The van der Waals surface area contributed by atoms with Crippen LogP contribution in [0.4, 0.5) is 0 Å². The van der Waals surface area contributed by atoms with Gasteiger partial charge in [-0.1, -0.05) is 42.5 Å². The van der Waals surface area contributed by atoms with Gasteiger partial charge in [0, 0.05) is 0 Å². The summed E-state index contributed by atoms with van der Waals surface area (Å²) in [4.78, 5) is 0. The Bertz CT molecular complexity index is 687. The van der Waals surface area contributed by atoms with Gasteiger partial charge in [0.2, 0.25) is 0 Å². The summed E-state index contributed by atoms with van der Waals surface area (Å²) in [6.45, 7) is 3.72. The molecule has 0 aliphatic heterocycles. The minimum absolute atomic E-state index is 0.635. The first-order valence-electron chi connectivity index (χ1n) is 6.58. The molecule has 0 aliphatic rings. The molecule has 102 valence electrons. The lowest BCUT2D eigenvalue weighted by molar-refractivity contribution is 1.25. The maximum atomic E-state index is 8.71. The first-order valence-corrected chi connectivity index (χ1v) is 6.58. The Labute approximate surface area is 124 Å². The molecule has 0 atom stereocenters. The first-order chi connectivity index (χ1) is 10.3. The summed E-state index contributed by atoms with van der Waals surface area (Å²) in [5, 5.41) is 16.7. The van der Waals surface area contributed by atoms with Gasteiger partial charge in [-0.3, -0.25) is 0 Å². The predicted molar refractivity (Wildman–Crippen MR) is 86.7 cm³/mol. The topological polar surface area (TPSA) is 48.5 Å². The molecule has 0 unspecified atom stereocenters. The molecule has 0 saturated heterocycles. The lowest BCUT2D eigenvalue weighted by Crippen LogP contribution is -1.84. The van der Waals surface area contributed by atoms with Gasteiger partial charge in [0.1, 0.15) is 0 Å². The Morgan fingerprint density at radius 1 is 0.905 bits per heavy atom. The third kappa shape index (κ3) is 4.55. The van der Waals surface area contributed by atoms with E-state index in [4.69, 9.17) is 5.26 Å². The Morgan fingerprint density at radius 3 is 1.90 bits per heavy atom. The van der Waals surface area contributed by atoms with Crippen LogP contribution in [0.2, 0.25) is 0 Å². The Morgan fingerprint density at radius 2 is 1.43 bits per heavy atom. The molecule has 0 amide bonds. The van der Waals surface area contributed by atoms with Crippen molar-refractivity contribution in [2.24, 2.45) is 10.2 Å². The van der Waals surface area contributed by atoms with Gasteiger partial charge in [0.15, 0.2) is 0 Å². The van der Waals surface area contributed by atoms with Gasteiger partial charge in [-0.15, -0.1) is 6.58 Å². The molecule has 0 spiro atoms. The second-order valence-corrected chi connectivity index (χ2v) is 4.46. The van der Waals surface area contributed by atoms with Crippen LogP contribution in [0.3, 0.4) is 0 Å². The highest BCUT2D eigenvalue weighted by Gasteiger charge is 1.91. The minimum atomic E-state index is 0.635. The lowest BCUT2D eigenvalue weighted by atomic mass is 10.1. The Balaban J connectivity index is 1.96. The van der Waals surface area contributed by atoms with Crippen LogP contribution in [0.5, 0.6) is 0 Å². The third-order valence-electron chi connectivity index (χ3n) is 2.88. The number of benzene rings is 2. The van der Waals surface area contributed by atoms with Gasteiger partial charge in [-0.2, -0.15) is 15.5 Å². The van der Waals surface area contributed by atoms with E-state index in [0.717, 1.165) is 17.5 Å². The highest BCUT2D eigenvalue weighted by atomic mass is 15.2. The zero-order valence-corrected chi connectivity index (χ0v) is 11.6. The Kier molecular flexibility index (Phi) is 5.19. The van der Waals surface area contributed by atoms with Gasteiger partial charge in [-0.25, -0.2) is 0 Å². The summed E-state index contributed by atoms with van der Waals surface area (Å²) >= 11 is 0. The fourth-order valence-corrected chi connectivity index (χ4v) is 1.75. The van der Waals surface area contributed by atoms with Crippen LogP contribution in [0, 0.1) is 11.3 Å². The van der Waals surface area contributed by atoms with Gasteiger partial charge < -0.3 is 0 Å². The average Bonchev–Trinajstić information content (AvgIpc) is 2.54. The molecule has 0 N–H and O–H groups in total. The molecule has 2 aromatic carbocycles. The number of hydrogen-bond acceptors (Lipinski definition) is 3. The summed E-state index contributed by atoms with van der Waals surface area (Å²) in [6, 6.07) is 17.3. The van der Waals surface area contributed by atoms with Crippen LogP contribution < -0.4 is 0 Å². The van der Waals surface area contributed by atoms with Crippen molar-refractivity contribution in [2.45, 2.75) is 6.42 Å². The molecule has 0 bridgehead atoms. The number of nitriles is 1. The monoisotopic (exact) mass is 273 g/mol. The largest absolute Gasteiger partial charge is 0.192 e. The zero-order valence-electron chi connectivity index (χ0n) is 11.6. The van der Waals surface area contributed by atoms with E-state index in [1.54, 1.807) is 24.6 Å². The number of hydrogen-bond donors (Lipinski definition) is 0. The van der Waals surface area contributed by atoms with Crippen molar-refractivity contribution in [3.63, 3.8) is 0 Å². The van der Waals surface area contributed by atoms with Crippen molar-refractivity contribution >= 4 is 12.4 Å². The highest BCUT2D eigenvalue weighted by Crippen LogP contribution is 2.04. The number of nitrogens with zero attached hydrogens (tertiary/aromatic N) is 3. The second-order valence-electron chi connectivity index (χ2n) is 4.46. The van der Waals surface area contributed by atoms with Gasteiger partial charge in [0.25, 0.3) is 0 Å². The molecule has 2 rings (SSSR count). The fourth-order valence-electron chi connectivity index (χ4n) is 1.75. The summed E-state index contributed by atoms with van der Waals surface area (Å²) in [7, 11) is 0. The Hall–Kier alpha value is -2.99. The summed E-state index contributed by atoms with van der Waals surface area (Å²) < 4.78 is 0. The van der Waals surface area contributed by atoms with E-state index < -0.39 is 0 Å². The van der Waals surface area contributed by atoms with Crippen LogP contribution >= 0.6 is 0 Å². The van der Waals surface area contributed by atoms with Crippen molar-refractivity contribution in [3.8, 4) is 6.07 Å². The van der Waals surface area contributed by atoms with E-state index in [2.05, 4.69) is 22.9 Å². The quantitative estimate of drug-likeness (QED) is 0.465. The highest BCUT2D eigenvalue weighted by molar-refractivity contribution is 5.82. The molecular weight excluding hydrogens is 258 g/mol. The van der Waals surface area contributed by atoms with Crippen LogP contribution in [0.25, 0.3) is 0 Å². The van der Waals surface area contributed by atoms with Gasteiger partial charge in [0.05, 0.1) is 24.1 Å². The minimum Gasteiger partial charge on any atom is -0.192 e. The summed E-state index contributed by atoms with van der Waals surface area (Å²) in [5.74, 6) is 0. The molecule has 0 aromatic heterocycles. The maximum Gasteiger partial charge on any atom is 0.0991 e. The van der Waals surface area contributed by atoms with Crippen LogP contribution in [-0.2, 0) is 6.42 Å². The number of rotatable bonds is 5. The van der Waals surface area contributed by atoms with Crippen molar-refractivity contribution in [3.05, 3.63) is 83.4 Å². The summed E-state index contributed by atoms with van der Waals surface area (Å²) in [5.41, 5.74) is 3.77. The first kappa shape index (κ1) is 14.4. The van der Waals surface area contributed by atoms with Crippen LogP contribution in [-0.4, -0.2) is 12.4 Å². The van der Waals surface area contributed by atoms with Crippen LogP contribution in [0.1, 0.15) is 22.3 Å². The molecule has 0 saturated carbocycles. The zero-order chi connectivity index (χ0) is 14.9. The molecule has 0 aliphatic carbocycles. The molecule has 0 radical (unpaired) electrons. The second kappa shape index (κ2) is 7.56. The SMILES string of the molecule is C=CCc1ccc(/C=N/N=C/c2ccc(C#N)cc2)cc1. The number of allylic oxidation sites excluding steroid dienone is 1. The molecule has 3 nitrogen and oxygen atoms in total. The summed E-state index contributed by atoms with van der Waals surface area (Å²) in [6.07, 6.45) is 6.11. The molecule has 0 fully saturated rings. The maximum absolute atomic E-state index is 8.71. The smallest absolute Gasteiger partial charge is 0.0991 e. The van der Waals surface area contributed by atoms with E-state index in [1.807, 2.05) is 42.5 Å². The van der Waals surface area contributed by atoms with E-state index in [-0.39, 0.29) is 0 Å².